The molecule has 1 aromatic carbocycles. The topological polar surface area (TPSA) is 90.3 Å². The van der Waals surface area contributed by atoms with Crippen LogP contribution in [0, 0.1) is 0 Å². The van der Waals surface area contributed by atoms with Crippen molar-refractivity contribution < 1.29 is 18.7 Å². The fraction of sp³-hybridized carbons (Fsp3) is 0.520. The minimum atomic E-state index is -0.606. The van der Waals surface area contributed by atoms with Crippen LogP contribution in [0.1, 0.15) is 18.2 Å². The van der Waals surface area contributed by atoms with Crippen molar-refractivity contribution in [1.29, 1.82) is 0 Å². The first-order chi connectivity index (χ1) is 16.7. The van der Waals surface area contributed by atoms with E-state index in [-0.39, 0.29) is 6.04 Å². The van der Waals surface area contributed by atoms with Crippen LogP contribution in [0.2, 0.25) is 0 Å². The van der Waals surface area contributed by atoms with E-state index in [4.69, 9.17) is 9.15 Å². The van der Waals surface area contributed by atoms with Gasteiger partial charge in [0.2, 0.25) is 0 Å². The van der Waals surface area contributed by atoms with Crippen molar-refractivity contribution in [3.63, 3.8) is 0 Å². The lowest BCUT2D eigenvalue weighted by Gasteiger charge is -2.39. The molecule has 0 aliphatic carbocycles. The predicted octanol–water partition coefficient (Wildman–Crippen LogP) is 1.10. The fourth-order valence-corrected chi connectivity index (χ4v) is 4.50. The zero-order chi connectivity index (χ0) is 23.6. The standard InChI is InChI=1S/C25H35N5O4/c31-24(26-9-5-10-28-15-18-33-19-16-28)25(32)27-20-22(23-8-4-17-34-23)30-13-11-29(12-14-30)21-6-2-1-3-7-21/h1-4,6-8,17,22H,5,9-16,18-20H2,(H,26,31)(H,27,32)/t22-/m0/s1. The third-order valence-corrected chi connectivity index (χ3v) is 6.45. The number of ether oxygens (including phenoxy) is 1. The molecule has 0 saturated carbocycles. The highest BCUT2D eigenvalue weighted by Gasteiger charge is 2.28. The molecular formula is C25H35N5O4. The summed E-state index contributed by atoms with van der Waals surface area (Å²) in [6.07, 6.45) is 2.45. The molecule has 0 bridgehead atoms. The van der Waals surface area contributed by atoms with Crippen LogP contribution in [-0.2, 0) is 14.3 Å². The molecule has 2 fully saturated rings. The normalized spacial score (nSPS) is 18.4. The molecule has 2 aliphatic heterocycles. The SMILES string of the molecule is O=C(NCCCN1CCOCC1)C(=O)NC[C@@H](c1ccco1)N1CCN(c2ccccc2)CC1. The molecule has 34 heavy (non-hydrogen) atoms. The molecule has 2 N–H and O–H groups in total. The monoisotopic (exact) mass is 469 g/mol. The number of carbonyl (C=O) groups excluding carboxylic acids is 2. The first-order valence-corrected chi connectivity index (χ1v) is 12.1. The van der Waals surface area contributed by atoms with Crippen LogP contribution in [0.25, 0.3) is 0 Å². The summed E-state index contributed by atoms with van der Waals surface area (Å²) in [5.41, 5.74) is 1.22. The van der Waals surface area contributed by atoms with Gasteiger partial charge in [-0.05, 0) is 37.2 Å². The van der Waals surface area contributed by atoms with Crippen LogP contribution in [0.4, 0.5) is 5.69 Å². The fourth-order valence-electron chi connectivity index (χ4n) is 4.50. The number of para-hydroxylation sites is 1. The Labute approximate surface area is 201 Å². The highest BCUT2D eigenvalue weighted by atomic mass is 16.5. The highest BCUT2D eigenvalue weighted by molar-refractivity contribution is 6.35. The molecule has 0 radical (unpaired) electrons. The molecule has 9 nitrogen and oxygen atoms in total. The summed E-state index contributed by atoms with van der Waals surface area (Å²) in [4.78, 5) is 31.7. The molecule has 4 rings (SSSR count). The molecule has 3 heterocycles. The Hall–Kier alpha value is -2.88. The summed E-state index contributed by atoms with van der Waals surface area (Å²) < 4.78 is 11.0. The van der Waals surface area contributed by atoms with Crippen molar-refractivity contribution in [1.82, 2.24) is 20.4 Å². The van der Waals surface area contributed by atoms with Crippen LogP contribution >= 0.6 is 0 Å². The molecule has 1 aromatic heterocycles. The Morgan fingerprint density at radius 2 is 1.62 bits per heavy atom. The number of nitrogens with one attached hydrogen (secondary N) is 2. The summed E-state index contributed by atoms with van der Waals surface area (Å²) in [6, 6.07) is 14.0. The smallest absolute Gasteiger partial charge is 0.309 e. The number of amides is 2. The maximum absolute atomic E-state index is 12.4. The Bertz CT molecular complexity index is 878. The van der Waals surface area contributed by atoms with E-state index in [1.165, 1.54) is 5.69 Å². The van der Waals surface area contributed by atoms with Gasteiger partial charge in [-0.25, -0.2) is 0 Å². The number of rotatable bonds is 9. The van der Waals surface area contributed by atoms with Crippen LogP contribution in [0.15, 0.2) is 53.1 Å². The maximum Gasteiger partial charge on any atom is 0.309 e. The van der Waals surface area contributed by atoms with Gasteiger partial charge in [0.05, 0.1) is 25.5 Å². The number of carbonyl (C=O) groups is 2. The summed E-state index contributed by atoms with van der Waals surface area (Å²) in [5.74, 6) is -0.403. The number of hydrogen-bond acceptors (Lipinski definition) is 7. The van der Waals surface area contributed by atoms with E-state index in [2.05, 4.69) is 49.6 Å². The quantitative estimate of drug-likeness (QED) is 0.420. The van der Waals surface area contributed by atoms with E-state index in [0.717, 1.165) is 71.2 Å². The van der Waals surface area contributed by atoms with Gasteiger partial charge in [0.1, 0.15) is 5.76 Å². The Kier molecular flexibility index (Phi) is 8.95. The summed E-state index contributed by atoms with van der Waals surface area (Å²) in [7, 11) is 0. The summed E-state index contributed by atoms with van der Waals surface area (Å²) in [5, 5.41) is 5.54. The van der Waals surface area contributed by atoms with Crippen molar-refractivity contribution in [2.45, 2.75) is 12.5 Å². The van der Waals surface area contributed by atoms with Crippen molar-refractivity contribution in [3.8, 4) is 0 Å². The minimum Gasteiger partial charge on any atom is -0.468 e. The van der Waals surface area contributed by atoms with Crippen molar-refractivity contribution >= 4 is 17.5 Å². The van der Waals surface area contributed by atoms with Gasteiger partial charge in [0.25, 0.3) is 0 Å². The second kappa shape index (κ2) is 12.5. The molecule has 2 aromatic rings. The van der Waals surface area contributed by atoms with Crippen LogP contribution in [-0.4, -0.2) is 93.7 Å². The molecule has 2 saturated heterocycles. The van der Waals surface area contributed by atoms with E-state index >= 15 is 0 Å². The van der Waals surface area contributed by atoms with Crippen LogP contribution in [0.3, 0.4) is 0 Å². The summed E-state index contributed by atoms with van der Waals surface area (Å²) >= 11 is 0. The number of furan rings is 1. The van der Waals surface area contributed by atoms with E-state index in [9.17, 15) is 9.59 Å². The largest absolute Gasteiger partial charge is 0.468 e. The van der Waals surface area contributed by atoms with Gasteiger partial charge in [-0.3, -0.25) is 19.4 Å². The van der Waals surface area contributed by atoms with Crippen LogP contribution in [0.5, 0.6) is 0 Å². The molecule has 9 heteroatoms. The van der Waals surface area contributed by atoms with E-state index in [1.54, 1.807) is 6.26 Å². The zero-order valence-corrected chi connectivity index (χ0v) is 19.7. The van der Waals surface area contributed by atoms with Crippen molar-refractivity contribution in [2.24, 2.45) is 0 Å². The second-order valence-electron chi connectivity index (χ2n) is 8.66. The number of hydrogen-bond donors (Lipinski definition) is 2. The molecule has 1 atom stereocenters. The van der Waals surface area contributed by atoms with Gasteiger partial charge >= 0.3 is 11.8 Å². The third-order valence-electron chi connectivity index (χ3n) is 6.45. The number of benzene rings is 1. The molecule has 184 valence electrons. The number of morpholine rings is 1. The van der Waals surface area contributed by atoms with E-state index in [1.807, 2.05) is 18.2 Å². The van der Waals surface area contributed by atoms with Crippen molar-refractivity contribution in [2.75, 3.05) is 77.0 Å². The second-order valence-corrected chi connectivity index (χ2v) is 8.66. The molecule has 2 amide bonds. The Morgan fingerprint density at radius 1 is 0.882 bits per heavy atom. The van der Waals surface area contributed by atoms with Gasteiger partial charge in [-0.1, -0.05) is 18.2 Å². The molecule has 0 spiro atoms. The molecule has 2 aliphatic rings. The van der Waals surface area contributed by atoms with Gasteiger partial charge in [0.15, 0.2) is 0 Å². The number of piperazine rings is 1. The van der Waals surface area contributed by atoms with Gasteiger partial charge in [0, 0.05) is 58.0 Å². The molecule has 0 unspecified atom stereocenters. The average molecular weight is 470 g/mol. The van der Waals surface area contributed by atoms with Gasteiger partial charge in [-0.2, -0.15) is 0 Å². The maximum atomic E-state index is 12.4. The van der Waals surface area contributed by atoms with E-state index < -0.39 is 11.8 Å². The first kappa shape index (κ1) is 24.3. The minimum absolute atomic E-state index is 0.119. The Balaban J connectivity index is 1.22. The zero-order valence-electron chi connectivity index (χ0n) is 19.7. The lowest BCUT2D eigenvalue weighted by atomic mass is 10.1. The highest BCUT2D eigenvalue weighted by Crippen LogP contribution is 2.24. The molecular weight excluding hydrogens is 434 g/mol. The van der Waals surface area contributed by atoms with Gasteiger partial charge in [-0.15, -0.1) is 0 Å². The van der Waals surface area contributed by atoms with Gasteiger partial charge < -0.3 is 24.7 Å². The lowest BCUT2D eigenvalue weighted by Crippen LogP contribution is -2.50. The average Bonchev–Trinajstić information content (AvgIpc) is 3.43. The van der Waals surface area contributed by atoms with Crippen molar-refractivity contribution in [3.05, 3.63) is 54.5 Å². The van der Waals surface area contributed by atoms with Crippen LogP contribution < -0.4 is 15.5 Å². The summed E-state index contributed by atoms with van der Waals surface area (Å²) in [6.45, 7) is 8.49. The number of nitrogens with zero attached hydrogens (tertiary/aromatic N) is 3. The number of anilines is 1. The predicted molar refractivity (Wildman–Crippen MR) is 130 cm³/mol. The third kappa shape index (κ3) is 6.82. The first-order valence-electron chi connectivity index (χ1n) is 12.1. The van der Waals surface area contributed by atoms with E-state index in [0.29, 0.717) is 13.1 Å². The Morgan fingerprint density at radius 3 is 2.32 bits per heavy atom. The lowest BCUT2D eigenvalue weighted by molar-refractivity contribution is -0.139.